The molecule has 0 aromatic carbocycles. The molecule has 0 amide bonds. The Morgan fingerprint density at radius 3 is 2.38 bits per heavy atom. The summed E-state index contributed by atoms with van der Waals surface area (Å²) in [5.41, 5.74) is 8.22. The largest absolute Gasteiger partial charge is 0.326 e. The molecule has 21 heavy (non-hydrogen) atoms. The van der Waals surface area contributed by atoms with Crippen LogP contribution in [0.3, 0.4) is 0 Å². The molecule has 0 radical (unpaired) electrons. The fourth-order valence-electron chi connectivity index (χ4n) is 3.53. The monoisotopic (exact) mass is 309 g/mol. The molecule has 2 unspecified atom stereocenters. The maximum atomic E-state index is 6.48. The summed E-state index contributed by atoms with van der Waals surface area (Å²) in [5, 5.41) is 2.19. The van der Waals surface area contributed by atoms with E-state index >= 15 is 0 Å². The molecule has 0 saturated heterocycles. The number of hydrogen-bond acceptors (Lipinski definition) is 4. The predicted octanol–water partition coefficient (Wildman–Crippen LogP) is 3.25. The van der Waals surface area contributed by atoms with Crippen LogP contribution in [0, 0.1) is 6.92 Å². The van der Waals surface area contributed by atoms with Gasteiger partial charge in [0.05, 0.1) is 6.04 Å². The van der Waals surface area contributed by atoms with E-state index < -0.39 is 0 Å². The molecule has 1 aliphatic carbocycles. The lowest BCUT2D eigenvalue weighted by Crippen LogP contribution is -2.58. The Hall–Kier alpha value is -0.420. The van der Waals surface area contributed by atoms with Crippen LogP contribution in [0.5, 0.6) is 0 Å². The quantitative estimate of drug-likeness (QED) is 0.839. The van der Waals surface area contributed by atoms with Gasteiger partial charge in [0.15, 0.2) is 0 Å². The van der Waals surface area contributed by atoms with Crippen molar-refractivity contribution in [2.24, 2.45) is 5.73 Å². The third-order valence-electron chi connectivity index (χ3n) is 5.30. The SMILES string of the molecule is CCC(N)C(c1sccc1C)N(C)CC1(N(C)C)CCC1. The van der Waals surface area contributed by atoms with Crippen LogP contribution in [-0.2, 0) is 0 Å². The average molecular weight is 310 g/mol. The predicted molar refractivity (Wildman–Crippen MR) is 93.0 cm³/mol. The molecule has 2 atom stereocenters. The van der Waals surface area contributed by atoms with Gasteiger partial charge >= 0.3 is 0 Å². The van der Waals surface area contributed by atoms with E-state index in [1.54, 1.807) is 0 Å². The lowest BCUT2D eigenvalue weighted by molar-refractivity contribution is 0.0125. The Morgan fingerprint density at radius 1 is 1.33 bits per heavy atom. The van der Waals surface area contributed by atoms with Crippen molar-refractivity contribution in [3.8, 4) is 0 Å². The normalized spacial score (nSPS) is 20.6. The van der Waals surface area contributed by atoms with Crippen LogP contribution in [0.25, 0.3) is 0 Å². The molecule has 3 nitrogen and oxygen atoms in total. The molecule has 1 aromatic heterocycles. The smallest absolute Gasteiger partial charge is 0.0594 e. The lowest BCUT2D eigenvalue weighted by Gasteiger charge is -2.51. The van der Waals surface area contributed by atoms with E-state index in [2.05, 4.69) is 56.2 Å². The van der Waals surface area contributed by atoms with Crippen LogP contribution >= 0.6 is 11.3 Å². The number of hydrogen-bond donors (Lipinski definition) is 1. The van der Waals surface area contributed by atoms with Gasteiger partial charge in [-0.2, -0.15) is 0 Å². The van der Waals surface area contributed by atoms with Gasteiger partial charge in [0.2, 0.25) is 0 Å². The van der Waals surface area contributed by atoms with Crippen molar-refractivity contribution < 1.29 is 0 Å². The second-order valence-electron chi connectivity index (χ2n) is 6.87. The van der Waals surface area contributed by atoms with E-state index in [4.69, 9.17) is 5.73 Å². The van der Waals surface area contributed by atoms with Gasteiger partial charge in [-0.25, -0.2) is 0 Å². The number of thiophene rings is 1. The van der Waals surface area contributed by atoms with Crippen LogP contribution in [-0.4, -0.2) is 49.1 Å². The summed E-state index contributed by atoms with van der Waals surface area (Å²) in [5.74, 6) is 0. The summed E-state index contributed by atoms with van der Waals surface area (Å²) in [6.45, 7) is 5.51. The topological polar surface area (TPSA) is 32.5 Å². The molecule has 2 N–H and O–H groups in total. The maximum absolute atomic E-state index is 6.48. The van der Waals surface area contributed by atoms with Gasteiger partial charge in [0, 0.05) is 23.0 Å². The molecule has 1 saturated carbocycles. The van der Waals surface area contributed by atoms with E-state index in [0.717, 1.165) is 13.0 Å². The number of nitrogens with zero attached hydrogens (tertiary/aromatic N) is 2. The summed E-state index contributed by atoms with van der Waals surface area (Å²) in [6, 6.07) is 2.76. The summed E-state index contributed by atoms with van der Waals surface area (Å²) in [6.07, 6.45) is 4.99. The summed E-state index contributed by atoms with van der Waals surface area (Å²) < 4.78 is 0. The van der Waals surface area contributed by atoms with Gasteiger partial charge in [-0.15, -0.1) is 11.3 Å². The molecule has 0 bridgehead atoms. The molecule has 4 heteroatoms. The van der Waals surface area contributed by atoms with Crippen molar-refractivity contribution >= 4 is 11.3 Å². The van der Waals surface area contributed by atoms with Gasteiger partial charge in [0.25, 0.3) is 0 Å². The first-order valence-corrected chi connectivity index (χ1v) is 8.96. The molecule has 1 aliphatic rings. The van der Waals surface area contributed by atoms with Crippen molar-refractivity contribution in [3.63, 3.8) is 0 Å². The first kappa shape index (κ1) is 16.9. The first-order chi connectivity index (χ1) is 9.91. The fourth-order valence-corrected chi connectivity index (χ4v) is 4.69. The number of aryl methyl sites for hydroxylation is 1. The zero-order valence-corrected chi connectivity index (χ0v) is 15.0. The van der Waals surface area contributed by atoms with E-state index in [9.17, 15) is 0 Å². The van der Waals surface area contributed by atoms with E-state index in [-0.39, 0.29) is 6.04 Å². The zero-order valence-electron chi connectivity index (χ0n) is 14.2. The van der Waals surface area contributed by atoms with Gasteiger partial charge < -0.3 is 10.6 Å². The second kappa shape index (κ2) is 6.78. The van der Waals surface area contributed by atoms with Crippen LogP contribution in [0.1, 0.15) is 49.1 Å². The molecule has 0 spiro atoms. The minimum atomic E-state index is 0.201. The van der Waals surface area contributed by atoms with Crippen molar-refractivity contribution in [1.82, 2.24) is 9.80 Å². The Labute approximate surface area is 134 Å². The average Bonchev–Trinajstić information content (AvgIpc) is 2.79. The Bertz CT molecular complexity index is 451. The molecular formula is C17H31N3S. The van der Waals surface area contributed by atoms with E-state index in [1.807, 2.05) is 11.3 Å². The van der Waals surface area contributed by atoms with Crippen LogP contribution in [0.15, 0.2) is 11.4 Å². The third-order valence-corrected chi connectivity index (χ3v) is 6.39. The van der Waals surface area contributed by atoms with Crippen LogP contribution in [0.4, 0.5) is 0 Å². The Kier molecular flexibility index (Phi) is 5.47. The van der Waals surface area contributed by atoms with Gasteiger partial charge in [-0.1, -0.05) is 6.92 Å². The van der Waals surface area contributed by atoms with Gasteiger partial charge in [-0.3, -0.25) is 4.90 Å². The molecule has 2 rings (SSSR count). The lowest BCUT2D eigenvalue weighted by atomic mass is 9.75. The zero-order chi connectivity index (χ0) is 15.6. The fraction of sp³-hybridized carbons (Fsp3) is 0.765. The highest BCUT2D eigenvalue weighted by Crippen LogP contribution is 2.39. The molecule has 0 aliphatic heterocycles. The molecule has 120 valence electrons. The molecule has 1 fully saturated rings. The molecule has 1 aromatic rings. The van der Waals surface area contributed by atoms with E-state index in [1.165, 1.54) is 29.7 Å². The number of nitrogens with two attached hydrogens (primary N) is 1. The van der Waals surface area contributed by atoms with Crippen molar-refractivity contribution in [2.45, 2.75) is 57.2 Å². The Morgan fingerprint density at radius 2 is 2.00 bits per heavy atom. The van der Waals surface area contributed by atoms with Crippen LogP contribution < -0.4 is 5.73 Å². The van der Waals surface area contributed by atoms with Crippen LogP contribution in [0.2, 0.25) is 0 Å². The van der Waals surface area contributed by atoms with Crippen molar-refractivity contribution in [1.29, 1.82) is 0 Å². The third kappa shape index (κ3) is 3.34. The van der Waals surface area contributed by atoms with E-state index in [0.29, 0.717) is 11.6 Å². The van der Waals surface area contributed by atoms with Crippen molar-refractivity contribution in [2.75, 3.05) is 27.7 Å². The molecular weight excluding hydrogens is 278 g/mol. The molecule has 1 heterocycles. The Balaban J connectivity index is 2.19. The van der Waals surface area contributed by atoms with Gasteiger partial charge in [0.1, 0.15) is 0 Å². The summed E-state index contributed by atoms with van der Waals surface area (Å²) >= 11 is 1.85. The highest BCUT2D eigenvalue weighted by atomic mass is 32.1. The number of rotatable bonds is 7. The summed E-state index contributed by atoms with van der Waals surface area (Å²) in [7, 11) is 6.69. The second-order valence-corrected chi connectivity index (χ2v) is 7.82. The summed E-state index contributed by atoms with van der Waals surface area (Å²) in [4.78, 5) is 6.37. The highest BCUT2D eigenvalue weighted by molar-refractivity contribution is 7.10. The first-order valence-electron chi connectivity index (χ1n) is 8.08. The maximum Gasteiger partial charge on any atom is 0.0594 e. The highest BCUT2D eigenvalue weighted by Gasteiger charge is 2.41. The minimum Gasteiger partial charge on any atom is -0.326 e. The minimum absolute atomic E-state index is 0.201. The van der Waals surface area contributed by atoms with Gasteiger partial charge in [-0.05, 0) is 70.8 Å². The van der Waals surface area contributed by atoms with Crippen molar-refractivity contribution in [3.05, 3.63) is 21.9 Å². The number of likely N-dealkylation sites (N-methyl/N-ethyl adjacent to an activating group) is 2. The standard InChI is InChI=1S/C17H31N3S/c1-6-14(18)15(16-13(2)8-11-21-16)20(5)12-17(19(3)4)9-7-10-17/h8,11,14-15H,6-7,9-10,12,18H2,1-5H3.